The number of aromatic nitrogens is 4. The van der Waals surface area contributed by atoms with Crippen LogP contribution in [0.15, 0.2) is 12.7 Å². The lowest BCUT2D eigenvalue weighted by Gasteiger charge is -2.49. The minimum atomic E-state index is -0.552. The van der Waals surface area contributed by atoms with Gasteiger partial charge in [-0.1, -0.05) is 0 Å². The molecule has 2 amide bonds. The monoisotopic (exact) mass is 359 g/mol. The van der Waals surface area contributed by atoms with Gasteiger partial charge in [0.15, 0.2) is 11.5 Å². The molecule has 0 aliphatic carbocycles. The molecule has 2 N–H and O–H groups in total. The Morgan fingerprint density at radius 1 is 1.23 bits per heavy atom. The van der Waals surface area contributed by atoms with Crippen molar-refractivity contribution in [2.45, 2.75) is 52.2 Å². The van der Waals surface area contributed by atoms with Crippen molar-refractivity contribution in [2.24, 2.45) is 0 Å². The molecule has 140 valence electrons. The predicted molar refractivity (Wildman–Crippen MR) is 97.1 cm³/mol. The SMILES string of the molecule is CC(C)N1C(=O)CN(C(=O)C(C)n2cnc3c(N)ncnc32)CC1(C)C. The molecule has 0 spiro atoms. The van der Waals surface area contributed by atoms with Crippen molar-refractivity contribution in [3.63, 3.8) is 0 Å². The number of amides is 2. The summed E-state index contributed by atoms with van der Waals surface area (Å²) in [4.78, 5) is 41.5. The summed E-state index contributed by atoms with van der Waals surface area (Å²) >= 11 is 0. The van der Waals surface area contributed by atoms with E-state index in [9.17, 15) is 9.59 Å². The number of nitrogens with two attached hydrogens (primary N) is 1. The molecule has 0 radical (unpaired) electrons. The van der Waals surface area contributed by atoms with Crippen LogP contribution in [0.1, 0.15) is 40.7 Å². The first kappa shape index (κ1) is 18.1. The summed E-state index contributed by atoms with van der Waals surface area (Å²) in [5, 5.41) is 0. The van der Waals surface area contributed by atoms with E-state index in [1.54, 1.807) is 16.4 Å². The van der Waals surface area contributed by atoms with Gasteiger partial charge in [0.05, 0.1) is 18.4 Å². The highest BCUT2D eigenvalue weighted by molar-refractivity contribution is 5.90. The molecule has 0 bridgehead atoms. The van der Waals surface area contributed by atoms with Crippen LogP contribution in [0, 0.1) is 0 Å². The summed E-state index contributed by atoms with van der Waals surface area (Å²) in [6, 6.07) is -0.465. The number of anilines is 1. The van der Waals surface area contributed by atoms with Gasteiger partial charge in [0.2, 0.25) is 11.8 Å². The standard InChI is InChI=1S/C17H25N7O2/c1-10(2)24-12(25)6-22(7-17(24,4)5)16(26)11(3)23-9-21-13-14(18)19-8-20-15(13)23/h8-11H,6-7H2,1-5H3,(H2,18,19,20). The zero-order valence-corrected chi connectivity index (χ0v) is 15.8. The second-order valence-electron chi connectivity index (χ2n) is 7.62. The second-order valence-corrected chi connectivity index (χ2v) is 7.62. The summed E-state index contributed by atoms with van der Waals surface area (Å²) in [5.74, 6) is 0.0837. The topological polar surface area (TPSA) is 110 Å². The third-order valence-electron chi connectivity index (χ3n) is 4.81. The largest absolute Gasteiger partial charge is 0.382 e. The molecule has 1 atom stereocenters. The van der Waals surface area contributed by atoms with Gasteiger partial charge in [0, 0.05) is 12.6 Å². The number of imidazole rings is 1. The highest BCUT2D eigenvalue weighted by Crippen LogP contribution is 2.27. The van der Waals surface area contributed by atoms with Gasteiger partial charge in [0.25, 0.3) is 0 Å². The van der Waals surface area contributed by atoms with Crippen molar-refractivity contribution < 1.29 is 9.59 Å². The minimum absolute atomic E-state index is 0.0427. The number of fused-ring (bicyclic) bond motifs is 1. The van der Waals surface area contributed by atoms with Crippen molar-refractivity contribution in [3.8, 4) is 0 Å². The van der Waals surface area contributed by atoms with E-state index in [2.05, 4.69) is 15.0 Å². The summed E-state index contributed by atoms with van der Waals surface area (Å²) in [5.41, 5.74) is 6.36. The van der Waals surface area contributed by atoms with Crippen molar-refractivity contribution in [3.05, 3.63) is 12.7 Å². The van der Waals surface area contributed by atoms with E-state index in [4.69, 9.17) is 5.73 Å². The van der Waals surface area contributed by atoms with Crippen LogP contribution < -0.4 is 5.73 Å². The smallest absolute Gasteiger partial charge is 0.246 e. The molecular formula is C17H25N7O2. The Morgan fingerprint density at radius 3 is 2.54 bits per heavy atom. The molecule has 3 rings (SSSR count). The molecule has 0 aromatic carbocycles. The zero-order chi connectivity index (χ0) is 19.2. The Balaban J connectivity index is 1.87. The van der Waals surface area contributed by atoms with Crippen LogP contribution in [-0.2, 0) is 9.59 Å². The Labute approximate surface area is 152 Å². The molecule has 1 aliphatic rings. The van der Waals surface area contributed by atoms with Crippen LogP contribution in [0.3, 0.4) is 0 Å². The van der Waals surface area contributed by atoms with Gasteiger partial charge in [-0.05, 0) is 34.6 Å². The fourth-order valence-electron chi connectivity index (χ4n) is 3.86. The normalized spacial score (nSPS) is 18.6. The van der Waals surface area contributed by atoms with Crippen molar-refractivity contribution in [1.29, 1.82) is 0 Å². The van der Waals surface area contributed by atoms with Crippen molar-refractivity contribution >= 4 is 28.8 Å². The van der Waals surface area contributed by atoms with Gasteiger partial charge in [0.1, 0.15) is 17.9 Å². The molecule has 2 aromatic rings. The molecule has 3 heterocycles. The molecule has 1 fully saturated rings. The molecule has 1 aliphatic heterocycles. The van der Waals surface area contributed by atoms with E-state index < -0.39 is 11.6 Å². The van der Waals surface area contributed by atoms with Gasteiger partial charge in [-0.15, -0.1) is 0 Å². The van der Waals surface area contributed by atoms with Crippen LogP contribution in [-0.4, -0.2) is 65.8 Å². The lowest BCUT2D eigenvalue weighted by atomic mass is 9.96. The number of piperazine rings is 1. The maximum absolute atomic E-state index is 13.1. The molecule has 9 nitrogen and oxygen atoms in total. The summed E-state index contributed by atoms with van der Waals surface area (Å²) in [7, 11) is 0. The third-order valence-corrected chi connectivity index (χ3v) is 4.81. The predicted octanol–water partition coefficient (Wildman–Crippen LogP) is 0.827. The van der Waals surface area contributed by atoms with E-state index in [1.165, 1.54) is 12.7 Å². The lowest BCUT2D eigenvalue weighted by Crippen LogP contribution is -2.65. The van der Waals surface area contributed by atoms with Gasteiger partial charge in [-0.3, -0.25) is 9.59 Å². The van der Waals surface area contributed by atoms with Gasteiger partial charge in [-0.25, -0.2) is 15.0 Å². The second kappa shape index (κ2) is 6.22. The molecule has 0 saturated carbocycles. The molecular weight excluding hydrogens is 334 g/mol. The van der Waals surface area contributed by atoms with Crippen LogP contribution in [0.25, 0.3) is 11.2 Å². The van der Waals surface area contributed by atoms with Crippen molar-refractivity contribution in [2.75, 3.05) is 18.8 Å². The fourth-order valence-corrected chi connectivity index (χ4v) is 3.86. The van der Waals surface area contributed by atoms with Crippen LogP contribution in [0.5, 0.6) is 0 Å². The minimum Gasteiger partial charge on any atom is -0.382 e. The van der Waals surface area contributed by atoms with E-state index in [1.807, 2.05) is 32.6 Å². The number of carbonyl (C=O) groups is 2. The number of carbonyl (C=O) groups excluding carboxylic acids is 2. The number of hydrogen-bond donors (Lipinski definition) is 1. The number of hydrogen-bond acceptors (Lipinski definition) is 6. The van der Waals surface area contributed by atoms with Gasteiger partial charge < -0.3 is 20.1 Å². The van der Waals surface area contributed by atoms with E-state index in [-0.39, 0.29) is 30.2 Å². The summed E-state index contributed by atoms with van der Waals surface area (Å²) in [6.45, 7) is 10.3. The average Bonchev–Trinajstić information content (AvgIpc) is 2.96. The Hall–Kier alpha value is -2.71. The van der Waals surface area contributed by atoms with E-state index >= 15 is 0 Å². The first-order chi connectivity index (χ1) is 12.1. The highest BCUT2D eigenvalue weighted by atomic mass is 16.2. The Morgan fingerprint density at radius 2 is 1.92 bits per heavy atom. The number of nitrogens with zero attached hydrogens (tertiary/aromatic N) is 6. The van der Waals surface area contributed by atoms with Gasteiger partial charge >= 0.3 is 0 Å². The first-order valence-electron chi connectivity index (χ1n) is 8.67. The Kier molecular flexibility index (Phi) is 4.33. The number of rotatable bonds is 3. The first-order valence-corrected chi connectivity index (χ1v) is 8.67. The lowest BCUT2D eigenvalue weighted by molar-refractivity contribution is -0.156. The molecule has 1 saturated heterocycles. The molecule has 26 heavy (non-hydrogen) atoms. The zero-order valence-electron chi connectivity index (χ0n) is 15.8. The molecule has 1 unspecified atom stereocenters. The van der Waals surface area contributed by atoms with E-state index in [0.717, 1.165) is 0 Å². The van der Waals surface area contributed by atoms with Crippen molar-refractivity contribution in [1.82, 2.24) is 29.3 Å². The van der Waals surface area contributed by atoms with E-state index in [0.29, 0.717) is 17.7 Å². The van der Waals surface area contributed by atoms with Gasteiger partial charge in [-0.2, -0.15) is 0 Å². The van der Waals surface area contributed by atoms with Crippen LogP contribution in [0.2, 0.25) is 0 Å². The summed E-state index contributed by atoms with van der Waals surface area (Å²) in [6.07, 6.45) is 2.89. The van der Waals surface area contributed by atoms with Crippen LogP contribution in [0.4, 0.5) is 5.82 Å². The molecule has 2 aromatic heterocycles. The number of nitrogen functional groups attached to an aromatic ring is 1. The van der Waals surface area contributed by atoms with Crippen LogP contribution >= 0.6 is 0 Å². The Bertz CT molecular complexity index is 858. The third kappa shape index (κ3) is 2.87. The highest BCUT2D eigenvalue weighted by Gasteiger charge is 2.42. The quantitative estimate of drug-likeness (QED) is 0.869. The summed E-state index contributed by atoms with van der Waals surface area (Å²) < 4.78 is 1.67. The fraction of sp³-hybridized carbons (Fsp3) is 0.588. The maximum atomic E-state index is 13.1. The molecule has 9 heteroatoms. The maximum Gasteiger partial charge on any atom is 0.246 e. The average molecular weight is 359 g/mol.